The van der Waals surface area contributed by atoms with E-state index in [1.807, 2.05) is 18.2 Å². The number of benzene rings is 2. The van der Waals surface area contributed by atoms with Crippen molar-refractivity contribution in [2.75, 3.05) is 55.9 Å². The van der Waals surface area contributed by atoms with E-state index in [1.165, 1.54) is 15.8 Å². The molecule has 0 atom stereocenters. The van der Waals surface area contributed by atoms with E-state index in [2.05, 4.69) is 53.3 Å². The van der Waals surface area contributed by atoms with Gasteiger partial charge in [0.15, 0.2) is 6.73 Å². The van der Waals surface area contributed by atoms with Gasteiger partial charge in [0.25, 0.3) is 0 Å². The highest BCUT2D eigenvalue weighted by molar-refractivity contribution is 7.17. The number of unbranched alkanes of at least 4 members (excludes halogenated alkanes) is 1. The van der Waals surface area contributed by atoms with Crippen molar-refractivity contribution in [2.24, 2.45) is 0 Å². The van der Waals surface area contributed by atoms with Crippen molar-refractivity contribution in [1.82, 2.24) is 4.90 Å². The van der Waals surface area contributed by atoms with Crippen LogP contribution in [0.3, 0.4) is 0 Å². The molecule has 1 aromatic heterocycles. The summed E-state index contributed by atoms with van der Waals surface area (Å²) in [7, 11) is 0. The number of carbonyl (C=O) groups is 2. The van der Waals surface area contributed by atoms with Gasteiger partial charge in [-0.05, 0) is 54.6 Å². The van der Waals surface area contributed by atoms with Crippen LogP contribution in [-0.2, 0) is 19.7 Å². The molecular weight excluding hydrogens is 510 g/mol. The summed E-state index contributed by atoms with van der Waals surface area (Å²) >= 11 is 1.81. The van der Waals surface area contributed by atoms with Gasteiger partial charge in [0.05, 0.1) is 12.3 Å². The van der Waals surface area contributed by atoms with Gasteiger partial charge in [-0.2, -0.15) is 0 Å². The molecule has 8 heteroatoms. The van der Waals surface area contributed by atoms with Crippen LogP contribution in [0.2, 0.25) is 0 Å². The van der Waals surface area contributed by atoms with E-state index in [1.54, 1.807) is 23.2 Å². The summed E-state index contributed by atoms with van der Waals surface area (Å²) in [6, 6.07) is 14.8. The molecule has 1 fully saturated rings. The second-order valence-corrected chi connectivity index (χ2v) is 12.0. The number of anilines is 2. The van der Waals surface area contributed by atoms with Gasteiger partial charge >= 0.3 is 5.97 Å². The van der Waals surface area contributed by atoms with Gasteiger partial charge in [-0.1, -0.05) is 32.9 Å². The van der Waals surface area contributed by atoms with Gasteiger partial charge in [-0.25, -0.2) is 0 Å². The Bertz CT molecular complexity index is 1310. The third-order valence-electron chi connectivity index (χ3n) is 7.85. The van der Waals surface area contributed by atoms with Crippen LogP contribution < -0.4 is 14.5 Å². The molecule has 1 amide bonds. The van der Waals surface area contributed by atoms with Gasteiger partial charge in [-0.3, -0.25) is 19.4 Å². The van der Waals surface area contributed by atoms with Crippen molar-refractivity contribution in [3.63, 3.8) is 0 Å². The quantitative estimate of drug-likeness (QED) is 0.235. The molecule has 0 N–H and O–H groups in total. The third kappa shape index (κ3) is 6.23. The Labute approximate surface area is 235 Å². The molecule has 1 saturated heterocycles. The number of fused-ring (bicyclic) bond motifs is 2. The van der Waals surface area contributed by atoms with Crippen molar-refractivity contribution in [3.05, 3.63) is 53.4 Å². The first-order valence-electron chi connectivity index (χ1n) is 14.0. The second-order valence-electron chi connectivity index (χ2n) is 11.1. The molecule has 2 aliphatic rings. The van der Waals surface area contributed by atoms with E-state index in [0.717, 1.165) is 62.6 Å². The number of hydrogen-bond donors (Lipinski definition) is 0. The van der Waals surface area contributed by atoms with Crippen LogP contribution in [0.4, 0.5) is 11.4 Å². The topological polar surface area (TPSA) is 62.3 Å². The molecule has 7 nitrogen and oxygen atoms in total. The highest BCUT2D eigenvalue weighted by Gasteiger charge is 2.37. The first-order valence-corrected chi connectivity index (χ1v) is 14.9. The highest BCUT2D eigenvalue weighted by Crippen LogP contribution is 2.42. The number of rotatable bonds is 10. The molecule has 2 aromatic carbocycles. The van der Waals surface area contributed by atoms with Crippen LogP contribution in [0.25, 0.3) is 10.1 Å². The summed E-state index contributed by atoms with van der Waals surface area (Å²) in [5, 5.41) is 3.55. The van der Waals surface area contributed by atoms with Crippen LogP contribution in [0.15, 0.2) is 47.8 Å². The number of ether oxygens (including phenoxy) is 2. The molecule has 39 heavy (non-hydrogen) atoms. The molecule has 3 heterocycles. The maximum absolute atomic E-state index is 12.9. The SMILES string of the molecule is CCC(=O)OCN1C(=O)CC(C)(C)c2ccc(OCCCCN3CCN(c4cccc5sccc45)CC3)cc21. The Morgan fingerprint density at radius 2 is 1.85 bits per heavy atom. The smallest absolute Gasteiger partial charge is 0.307 e. The van der Waals surface area contributed by atoms with Gasteiger partial charge in [0.2, 0.25) is 5.91 Å². The van der Waals surface area contributed by atoms with E-state index < -0.39 is 0 Å². The van der Waals surface area contributed by atoms with Gasteiger partial charge in [0, 0.05) is 66.3 Å². The fourth-order valence-corrected chi connectivity index (χ4v) is 6.38. The predicted molar refractivity (Wildman–Crippen MR) is 158 cm³/mol. The fraction of sp³-hybridized carbons (Fsp3) is 0.484. The lowest BCUT2D eigenvalue weighted by atomic mass is 9.77. The molecule has 3 aromatic rings. The summed E-state index contributed by atoms with van der Waals surface area (Å²) < 4.78 is 12.8. The van der Waals surface area contributed by atoms with Crippen molar-refractivity contribution in [3.8, 4) is 5.75 Å². The zero-order chi connectivity index (χ0) is 27.4. The normalized spacial score (nSPS) is 17.4. The number of nitrogens with zero attached hydrogens (tertiary/aromatic N) is 3. The number of thiophene rings is 1. The lowest BCUT2D eigenvalue weighted by Gasteiger charge is -2.38. The summed E-state index contributed by atoms with van der Waals surface area (Å²) in [6.45, 7) is 11.8. The minimum atomic E-state index is -0.317. The van der Waals surface area contributed by atoms with E-state index in [4.69, 9.17) is 9.47 Å². The minimum Gasteiger partial charge on any atom is -0.494 e. The number of piperazine rings is 1. The number of esters is 1. The van der Waals surface area contributed by atoms with Crippen molar-refractivity contribution in [2.45, 2.75) is 51.9 Å². The van der Waals surface area contributed by atoms with E-state index in [9.17, 15) is 9.59 Å². The van der Waals surface area contributed by atoms with E-state index in [0.29, 0.717) is 13.0 Å². The zero-order valence-corrected chi connectivity index (χ0v) is 24.1. The maximum atomic E-state index is 12.9. The van der Waals surface area contributed by atoms with Gasteiger partial charge in [0.1, 0.15) is 5.75 Å². The largest absolute Gasteiger partial charge is 0.494 e. The summed E-state index contributed by atoms with van der Waals surface area (Å²) in [5.74, 6) is 0.380. The monoisotopic (exact) mass is 549 g/mol. The fourth-order valence-electron chi connectivity index (χ4n) is 5.57. The molecular formula is C31H39N3O4S. The van der Waals surface area contributed by atoms with Crippen molar-refractivity contribution >= 4 is 44.7 Å². The average Bonchev–Trinajstić information content (AvgIpc) is 3.42. The van der Waals surface area contributed by atoms with E-state index >= 15 is 0 Å². The number of hydrogen-bond acceptors (Lipinski definition) is 7. The first kappa shape index (κ1) is 27.5. The van der Waals surface area contributed by atoms with Gasteiger partial charge in [-0.15, -0.1) is 11.3 Å². The maximum Gasteiger partial charge on any atom is 0.307 e. The Kier molecular flexibility index (Phi) is 8.43. The van der Waals surface area contributed by atoms with Crippen LogP contribution in [0.1, 0.15) is 52.0 Å². The molecule has 0 unspecified atom stereocenters. The Morgan fingerprint density at radius 3 is 2.64 bits per heavy atom. The Balaban J connectivity index is 1.09. The van der Waals surface area contributed by atoms with Crippen LogP contribution in [-0.4, -0.2) is 62.8 Å². The molecule has 0 spiro atoms. The summed E-state index contributed by atoms with van der Waals surface area (Å²) in [4.78, 5) is 31.2. The molecule has 208 valence electrons. The lowest BCUT2D eigenvalue weighted by Crippen LogP contribution is -2.46. The molecule has 2 aliphatic heterocycles. The number of amides is 1. The highest BCUT2D eigenvalue weighted by atomic mass is 32.1. The standard InChI is InChI=1S/C31H39N3O4S/c1-4-30(36)38-22-34-27-20-23(10-11-25(27)31(2,3)21-29(34)35)37-18-6-5-13-32-14-16-33(17-15-32)26-8-7-9-28-24(26)12-19-39-28/h7-12,19-20H,4-6,13-18,21-22H2,1-3H3. The second kappa shape index (κ2) is 12.0. The number of carbonyl (C=O) groups excluding carboxylic acids is 2. The first-order chi connectivity index (χ1) is 18.9. The van der Waals surface area contributed by atoms with Crippen LogP contribution in [0.5, 0.6) is 5.75 Å². The third-order valence-corrected chi connectivity index (χ3v) is 8.73. The van der Waals surface area contributed by atoms with Gasteiger partial charge < -0.3 is 14.4 Å². The van der Waals surface area contributed by atoms with Crippen molar-refractivity contribution in [1.29, 1.82) is 0 Å². The Hall–Kier alpha value is -3.10. The summed E-state index contributed by atoms with van der Waals surface area (Å²) in [5.41, 5.74) is 2.92. The molecule has 0 bridgehead atoms. The zero-order valence-electron chi connectivity index (χ0n) is 23.3. The lowest BCUT2D eigenvalue weighted by molar-refractivity contribution is -0.143. The molecule has 0 saturated carbocycles. The van der Waals surface area contributed by atoms with Crippen LogP contribution >= 0.6 is 11.3 Å². The minimum absolute atomic E-state index is 0.0411. The molecule has 0 radical (unpaired) electrons. The van der Waals surface area contributed by atoms with Crippen molar-refractivity contribution < 1.29 is 19.1 Å². The average molecular weight is 550 g/mol. The van der Waals surface area contributed by atoms with E-state index in [-0.39, 0.29) is 30.4 Å². The molecule has 5 rings (SSSR count). The Morgan fingerprint density at radius 1 is 1.03 bits per heavy atom. The summed E-state index contributed by atoms with van der Waals surface area (Å²) in [6.07, 6.45) is 2.70. The van der Waals surface area contributed by atoms with Crippen LogP contribution in [0, 0.1) is 0 Å². The predicted octanol–water partition coefficient (Wildman–Crippen LogP) is 5.81. The molecule has 0 aliphatic carbocycles.